The van der Waals surface area contributed by atoms with Gasteiger partial charge in [0.1, 0.15) is 34.7 Å². The Morgan fingerprint density at radius 1 is 1.21 bits per heavy atom. The highest BCUT2D eigenvalue weighted by Gasteiger charge is 2.45. The van der Waals surface area contributed by atoms with E-state index in [9.17, 15) is 9.59 Å². The van der Waals surface area contributed by atoms with Crippen molar-refractivity contribution in [1.82, 2.24) is 4.90 Å². The number of fused-ring (bicyclic) bond motifs is 3. The van der Waals surface area contributed by atoms with E-state index in [4.69, 9.17) is 19.2 Å². The number of carbonyl (C=O) groups is 1. The Bertz CT molecular complexity index is 1030. The largest absolute Gasteiger partial charge is 0.490 e. The number of hydrogen-bond donors (Lipinski definition) is 0. The average Bonchev–Trinajstić information content (AvgIpc) is 2.91. The van der Waals surface area contributed by atoms with Crippen molar-refractivity contribution < 1.29 is 18.7 Å². The molecule has 3 heterocycles. The van der Waals surface area contributed by atoms with Crippen LogP contribution in [0, 0.1) is 11.3 Å². The molecule has 2 saturated heterocycles. The summed E-state index contributed by atoms with van der Waals surface area (Å²) >= 11 is 0. The normalized spacial score (nSPS) is 23.7. The number of carbonyl (C=O) groups excluding carboxylic acids is 1. The molecule has 2 aliphatic heterocycles. The van der Waals surface area contributed by atoms with Crippen molar-refractivity contribution in [3.63, 3.8) is 0 Å². The van der Waals surface area contributed by atoms with Crippen LogP contribution >= 0.6 is 0 Å². The van der Waals surface area contributed by atoms with Crippen LogP contribution in [-0.4, -0.2) is 34.8 Å². The standard InChI is InChI=1S/C22H24N2O5/c1-22(2,3)29-21(26)24-15-5-6-16(24)10-18(9-15)27-17-7-4-13-8-14(12-23)20(25)28-19(13)11-17/h4,7-8,11,15-16,18H,5-6,9-10H2,1-3H3/t15-,16+,18?. The zero-order valence-corrected chi connectivity index (χ0v) is 16.8. The highest BCUT2D eigenvalue weighted by molar-refractivity contribution is 5.79. The van der Waals surface area contributed by atoms with Gasteiger partial charge in [0.15, 0.2) is 0 Å². The van der Waals surface area contributed by atoms with E-state index in [0.717, 1.165) is 25.7 Å². The predicted molar refractivity (Wildman–Crippen MR) is 106 cm³/mol. The van der Waals surface area contributed by atoms with E-state index in [0.29, 0.717) is 16.7 Å². The molecule has 152 valence electrons. The third-order valence-electron chi connectivity index (χ3n) is 5.42. The van der Waals surface area contributed by atoms with Crippen molar-refractivity contribution in [3.8, 4) is 11.8 Å². The molecule has 7 nitrogen and oxygen atoms in total. The minimum absolute atomic E-state index is 0.0164. The lowest BCUT2D eigenvalue weighted by atomic mass is 10.00. The molecule has 0 aliphatic carbocycles. The van der Waals surface area contributed by atoms with Gasteiger partial charge in [-0.1, -0.05) is 0 Å². The number of rotatable bonds is 2. The van der Waals surface area contributed by atoms with Crippen molar-refractivity contribution in [2.45, 2.75) is 70.2 Å². The molecule has 2 bridgehead atoms. The third kappa shape index (κ3) is 3.93. The van der Waals surface area contributed by atoms with Crippen molar-refractivity contribution in [2.24, 2.45) is 0 Å². The Morgan fingerprint density at radius 2 is 1.90 bits per heavy atom. The van der Waals surface area contributed by atoms with Crippen LogP contribution in [0.3, 0.4) is 0 Å². The van der Waals surface area contributed by atoms with Gasteiger partial charge in [-0.15, -0.1) is 0 Å². The van der Waals surface area contributed by atoms with Crippen LogP contribution in [0.2, 0.25) is 0 Å². The van der Waals surface area contributed by atoms with Gasteiger partial charge in [0.2, 0.25) is 0 Å². The molecule has 2 aromatic rings. The summed E-state index contributed by atoms with van der Waals surface area (Å²) in [5.41, 5.74) is -0.789. The fourth-order valence-corrected chi connectivity index (χ4v) is 4.27. The quantitative estimate of drug-likeness (QED) is 0.713. The first-order valence-electron chi connectivity index (χ1n) is 9.89. The van der Waals surface area contributed by atoms with Crippen LogP contribution in [-0.2, 0) is 4.74 Å². The van der Waals surface area contributed by atoms with Crippen LogP contribution in [0.25, 0.3) is 11.0 Å². The summed E-state index contributed by atoms with van der Waals surface area (Å²) in [5, 5.41) is 9.63. The van der Waals surface area contributed by atoms with Gasteiger partial charge in [-0.05, 0) is 51.8 Å². The van der Waals surface area contributed by atoms with Crippen molar-refractivity contribution in [1.29, 1.82) is 5.26 Å². The average molecular weight is 396 g/mol. The maximum atomic E-state index is 12.6. The van der Waals surface area contributed by atoms with Crippen molar-refractivity contribution in [3.05, 3.63) is 40.2 Å². The first-order chi connectivity index (χ1) is 13.7. The van der Waals surface area contributed by atoms with Crippen LogP contribution in [0.4, 0.5) is 4.79 Å². The Morgan fingerprint density at radius 3 is 2.52 bits per heavy atom. The molecule has 1 aromatic heterocycles. The minimum Gasteiger partial charge on any atom is -0.490 e. The van der Waals surface area contributed by atoms with E-state index in [-0.39, 0.29) is 29.8 Å². The first kappa shape index (κ1) is 19.3. The van der Waals surface area contributed by atoms with Gasteiger partial charge >= 0.3 is 11.7 Å². The Hall–Kier alpha value is -3.01. The zero-order chi connectivity index (χ0) is 20.8. The molecule has 3 atom stereocenters. The molecule has 7 heteroatoms. The Labute approximate surface area is 168 Å². The molecule has 1 aromatic carbocycles. The Balaban J connectivity index is 1.47. The first-order valence-corrected chi connectivity index (χ1v) is 9.89. The molecular formula is C22H24N2O5. The summed E-state index contributed by atoms with van der Waals surface area (Å²) in [6, 6.07) is 8.85. The second-order valence-corrected chi connectivity index (χ2v) is 8.74. The summed E-state index contributed by atoms with van der Waals surface area (Å²) in [6.45, 7) is 5.63. The van der Waals surface area contributed by atoms with E-state index in [1.54, 1.807) is 12.1 Å². The molecule has 0 saturated carbocycles. The fraction of sp³-hybridized carbons (Fsp3) is 0.500. The number of amides is 1. The molecule has 1 unspecified atom stereocenters. The van der Waals surface area contributed by atoms with Crippen molar-refractivity contribution in [2.75, 3.05) is 0 Å². The summed E-state index contributed by atoms with van der Waals surface area (Å²) in [5.74, 6) is 0.612. The maximum Gasteiger partial charge on any atom is 0.410 e. The van der Waals surface area contributed by atoms with E-state index in [1.165, 1.54) is 6.07 Å². The highest BCUT2D eigenvalue weighted by Crippen LogP contribution is 2.38. The molecule has 1 amide bonds. The van der Waals surface area contributed by atoms with Gasteiger partial charge in [-0.3, -0.25) is 0 Å². The highest BCUT2D eigenvalue weighted by atomic mass is 16.6. The zero-order valence-electron chi connectivity index (χ0n) is 16.8. The van der Waals surface area contributed by atoms with Gasteiger partial charge in [-0.2, -0.15) is 5.26 Å². The molecule has 2 fully saturated rings. The SMILES string of the molecule is CC(C)(C)OC(=O)N1[C@@H]2CC[C@H]1CC(Oc1ccc3cc(C#N)c(=O)oc3c1)C2. The number of piperidine rings is 1. The topological polar surface area (TPSA) is 92.8 Å². The smallest absolute Gasteiger partial charge is 0.410 e. The lowest BCUT2D eigenvalue weighted by Gasteiger charge is -2.39. The van der Waals surface area contributed by atoms with E-state index < -0.39 is 11.2 Å². The van der Waals surface area contributed by atoms with Gasteiger partial charge in [0, 0.05) is 36.4 Å². The monoisotopic (exact) mass is 396 g/mol. The van der Waals surface area contributed by atoms with Gasteiger partial charge in [0.05, 0.1) is 0 Å². The molecule has 2 aliphatic rings. The second kappa shape index (κ2) is 7.11. The summed E-state index contributed by atoms with van der Waals surface area (Å²) < 4.78 is 17.0. The number of nitriles is 1. The van der Waals surface area contributed by atoms with Gasteiger partial charge in [-0.25, -0.2) is 9.59 Å². The molecule has 0 N–H and O–H groups in total. The number of ether oxygens (including phenoxy) is 2. The number of benzene rings is 1. The van der Waals surface area contributed by atoms with E-state index >= 15 is 0 Å². The fourth-order valence-electron chi connectivity index (χ4n) is 4.27. The maximum absolute atomic E-state index is 12.6. The summed E-state index contributed by atoms with van der Waals surface area (Å²) in [6.07, 6.45) is 3.12. The van der Waals surface area contributed by atoms with Crippen molar-refractivity contribution >= 4 is 17.1 Å². The Kier molecular flexibility index (Phi) is 4.73. The molecule has 0 spiro atoms. The summed E-state index contributed by atoms with van der Waals surface area (Å²) in [4.78, 5) is 26.2. The van der Waals surface area contributed by atoms with Crippen LogP contribution < -0.4 is 10.4 Å². The minimum atomic E-state index is -0.652. The lowest BCUT2D eigenvalue weighted by molar-refractivity contribution is -0.00706. The van der Waals surface area contributed by atoms with E-state index in [2.05, 4.69) is 0 Å². The molecule has 4 rings (SSSR count). The van der Waals surface area contributed by atoms with Gasteiger partial charge < -0.3 is 18.8 Å². The molecular weight excluding hydrogens is 372 g/mol. The third-order valence-corrected chi connectivity index (χ3v) is 5.42. The predicted octanol–water partition coefficient (Wildman–Crippen LogP) is 3.97. The number of hydrogen-bond acceptors (Lipinski definition) is 6. The van der Waals surface area contributed by atoms with Gasteiger partial charge in [0.25, 0.3) is 0 Å². The van der Waals surface area contributed by atoms with Crippen LogP contribution in [0.1, 0.15) is 52.0 Å². The molecule has 29 heavy (non-hydrogen) atoms. The lowest BCUT2D eigenvalue weighted by Crippen LogP contribution is -2.50. The number of nitrogens with zero attached hydrogens (tertiary/aromatic N) is 2. The summed E-state index contributed by atoms with van der Waals surface area (Å²) in [7, 11) is 0. The molecule has 0 radical (unpaired) electrons. The second-order valence-electron chi connectivity index (χ2n) is 8.74. The van der Waals surface area contributed by atoms with E-state index in [1.807, 2.05) is 37.8 Å². The van der Waals surface area contributed by atoms with Crippen LogP contribution in [0.15, 0.2) is 33.5 Å². The van der Waals surface area contributed by atoms with Crippen LogP contribution in [0.5, 0.6) is 5.75 Å².